The molecular formula is C31H25ClN4O5S. The van der Waals surface area contributed by atoms with Crippen LogP contribution in [-0.2, 0) is 9.59 Å². The highest BCUT2D eigenvalue weighted by Crippen LogP contribution is 2.27. The number of anilines is 2. The van der Waals surface area contributed by atoms with E-state index in [2.05, 4.69) is 16.0 Å². The Morgan fingerprint density at radius 3 is 2.24 bits per heavy atom. The van der Waals surface area contributed by atoms with E-state index in [-0.39, 0.29) is 22.9 Å². The van der Waals surface area contributed by atoms with Crippen molar-refractivity contribution in [1.82, 2.24) is 5.32 Å². The predicted octanol–water partition coefficient (Wildman–Crippen LogP) is 6.78. The maximum absolute atomic E-state index is 13.3. The summed E-state index contributed by atoms with van der Waals surface area (Å²) in [5, 5.41) is 19.7. The largest absolute Gasteiger partial charge is 0.325 e. The highest BCUT2D eigenvalue weighted by Gasteiger charge is 2.19. The number of nitro benzene ring substituents is 1. The first kappa shape index (κ1) is 30.0. The molecule has 0 aliphatic carbocycles. The molecule has 0 spiro atoms. The molecule has 0 aliphatic rings. The van der Waals surface area contributed by atoms with Crippen LogP contribution in [0.2, 0.25) is 5.02 Å². The standard InChI is InChI=1S/C31H25ClN4O5S/c1-20(29(37)34-25-12-7-11-23(32)19-25)42-26-16-14-24(15-17-26)33-31(39)27(35-30(38)21-8-3-2-4-9-21)18-22-10-5-6-13-28(22)36(40)41/h2-20H,1H3,(H,33,39)(H,34,37)(H,35,38)/b27-18-. The van der Waals surface area contributed by atoms with E-state index >= 15 is 0 Å². The van der Waals surface area contributed by atoms with Crippen LogP contribution in [0.5, 0.6) is 0 Å². The van der Waals surface area contributed by atoms with Crippen molar-refractivity contribution in [2.24, 2.45) is 0 Å². The topological polar surface area (TPSA) is 130 Å². The molecule has 212 valence electrons. The van der Waals surface area contributed by atoms with E-state index in [4.69, 9.17) is 11.6 Å². The molecule has 0 radical (unpaired) electrons. The third-order valence-electron chi connectivity index (χ3n) is 5.85. The number of hydrogen-bond acceptors (Lipinski definition) is 6. The number of rotatable bonds is 10. The van der Waals surface area contributed by atoms with Crippen LogP contribution in [0.4, 0.5) is 17.1 Å². The highest BCUT2D eigenvalue weighted by atomic mass is 35.5. The van der Waals surface area contributed by atoms with Crippen LogP contribution in [0.15, 0.2) is 114 Å². The summed E-state index contributed by atoms with van der Waals surface area (Å²) in [5.74, 6) is -1.42. The summed E-state index contributed by atoms with van der Waals surface area (Å²) >= 11 is 7.31. The summed E-state index contributed by atoms with van der Waals surface area (Å²) in [6, 6.07) is 27.9. The van der Waals surface area contributed by atoms with Crippen molar-refractivity contribution in [2.75, 3.05) is 10.6 Å². The number of carbonyl (C=O) groups is 3. The van der Waals surface area contributed by atoms with Gasteiger partial charge >= 0.3 is 0 Å². The van der Waals surface area contributed by atoms with Crippen molar-refractivity contribution in [3.63, 3.8) is 0 Å². The average molecular weight is 601 g/mol. The molecule has 42 heavy (non-hydrogen) atoms. The summed E-state index contributed by atoms with van der Waals surface area (Å²) < 4.78 is 0. The minimum absolute atomic E-state index is 0.151. The molecule has 0 saturated heterocycles. The van der Waals surface area contributed by atoms with Crippen molar-refractivity contribution < 1.29 is 19.3 Å². The molecule has 0 heterocycles. The van der Waals surface area contributed by atoms with Crippen molar-refractivity contribution >= 4 is 64.2 Å². The number of nitrogens with zero attached hydrogens (tertiary/aromatic N) is 1. The third-order valence-corrected chi connectivity index (χ3v) is 7.20. The quantitative estimate of drug-likeness (QED) is 0.0796. The fourth-order valence-electron chi connectivity index (χ4n) is 3.76. The third kappa shape index (κ3) is 8.29. The smallest absolute Gasteiger partial charge is 0.276 e. The van der Waals surface area contributed by atoms with Gasteiger partial charge in [-0.3, -0.25) is 24.5 Å². The van der Waals surface area contributed by atoms with E-state index in [1.165, 1.54) is 36.0 Å². The zero-order chi connectivity index (χ0) is 30.1. The van der Waals surface area contributed by atoms with Gasteiger partial charge in [0.2, 0.25) is 5.91 Å². The fraction of sp³-hybridized carbons (Fsp3) is 0.0645. The second-order valence-corrected chi connectivity index (χ2v) is 10.8. The van der Waals surface area contributed by atoms with Gasteiger partial charge in [0, 0.05) is 32.9 Å². The Hall–Kier alpha value is -4.93. The Bertz CT molecular complexity index is 1640. The van der Waals surface area contributed by atoms with Crippen LogP contribution < -0.4 is 16.0 Å². The number of benzene rings is 4. The van der Waals surface area contributed by atoms with E-state index in [1.807, 2.05) is 0 Å². The van der Waals surface area contributed by atoms with Gasteiger partial charge in [-0.2, -0.15) is 0 Å². The molecule has 0 bridgehead atoms. The van der Waals surface area contributed by atoms with Crippen LogP contribution in [0.1, 0.15) is 22.8 Å². The molecule has 4 rings (SSSR count). The van der Waals surface area contributed by atoms with Crippen molar-refractivity contribution in [2.45, 2.75) is 17.1 Å². The number of nitrogens with one attached hydrogen (secondary N) is 3. The van der Waals surface area contributed by atoms with Gasteiger partial charge in [0.15, 0.2) is 0 Å². The zero-order valence-corrected chi connectivity index (χ0v) is 23.8. The average Bonchev–Trinajstić information content (AvgIpc) is 2.98. The number of hydrogen-bond donors (Lipinski definition) is 3. The summed E-state index contributed by atoms with van der Waals surface area (Å²) in [5.41, 5.74) is 1.09. The van der Waals surface area contributed by atoms with Crippen molar-refractivity contribution in [1.29, 1.82) is 0 Å². The van der Waals surface area contributed by atoms with Gasteiger partial charge in [0.25, 0.3) is 17.5 Å². The monoisotopic (exact) mass is 600 g/mol. The van der Waals surface area contributed by atoms with Crippen molar-refractivity contribution in [3.8, 4) is 0 Å². The summed E-state index contributed by atoms with van der Waals surface area (Å²) in [4.78, 5) is 50.5. The molecule has 3 N–H and O–H groups in total. The first-order chi connectivity index (χ1) is 20.2. The molecular weight excluding hydrogens is 576 g/mol. The maximum Gasteiger partial charge on any atom is 0.276 e. The second-order valence-electron chi connectivity index (χ2n) is 8.93. The van der Waals surface area contributed by atoms with E-state index < -0.39 is 22.0 Å². The lowest BCUT2D eigenvalue weighted by atomic mass is 10.1. The Morgan fingerprint density at radius 1 is 0.857 bits per heavy atom. The number of para-hydroxylation sites is 1. The lowest BCUT2D eigenvalue weighted by Crippen LogP contribution is -2.30. The van der Waals surface area contributed by atoms with Crippen LogP contribution in [0.25, 0.3) is 6.08 Å². The first-order valence-corrected chi connectivity index (χ1v) is 13.9. The Kier molecular flexibility index (Phi) is 10.1. The SMILES string of the molecule is CC(Sc1ccc(NC(=O)/C(=C/c2ccccc2[N+](=O)[O-])NC(=O)c2ccccc2)cc1)C(=O)Nc1cccc(Cl)c1. The van der Waals surface area contributed by atoms with Gasteiger partial charge in [0.1, 0.15) is 5.70 Å². The van der Waals surface area contributed by atoms with Crippen LogP contribution in [0, 0.1) is 10.1 Å². The van der Waals surface area contributed by atoms with E-state index in [0.717, 1.165) is 4.90 Å². The molecule has 4 aromatic carbocycles. The van der Waals surface area contributed by atoms with Gasteiger partial charge in [-0.05, 0) is 73.7 Å². The minimum Gasteiger partial charge on any atom is -0.325 e. The van der Waals surface area contributed by atoms with Crippen molar-refractivity contribution in [3.05, 3.63) is 135 Å². The zero-order valence-electron chi connectivity index (χ0n) is 22.2. The Balaban J connectivity index is 1.48. The van der Waals surface area contributed by atoms with E-state index in [0.29, 0.717) is 22.0 Å². The van der Waals surface area contributed by atoms with E-state index in [1.54, 1.807) is 91.9 Å². The molecule has 0 aromatic heterocycles. The molecule has 1 atom stereocenters. The highest BCUT2D eigenvalue weighted by molar-refractivity contribution is 8.00. The molecule has 3 amide bonds. The molecule has 0 saturated carbocycles. The Labute approximate surface area is 251 Å². The number of amides is 3. The second kappa shape index (κ2) is 14.1. The van der Waals surface area contributed by atoms with Gasteiger partial charge in [-0.15, -0.1) is 11.8 Å². The maximum atomic E-state index is 13.3. The number of carbonyl (C=O) groups excluding carboxylic acids is 3. The van der Waals surface area contributed by atoms with Gasteiger partial charge < -0.3 is 16.0 Å². The summed E-state index contributed by atoms with van der Waals surface area (Å²) in [6.07, 6.45) is 1.26. The van der Waals surface area contributed by atoms with Crippen LogP contribution >= 0.6 is 23.4 Å². The lowest BCUT2D eigenvalue weighted by molar-refractivity contribution is -0.385. The molecule has 1 unspecified atom stereocenters. The molecule has 0 aliphatic heterocycles. The number of nitro groups is 1. The van der Waals surface area contributed by atoms with Crippen LogP contribution in [0.3, 0.4) is 0 Å². The Morgan fingerprint density at radius 2 is 1.55 bits per heavy atom. The van der Waals surface area contributed by atoms with Gasteiger partial charge in [0.05, 0.1) is 15.7 Å². The molecule has 4 aromatic rings. The minimum atomic E-state index is -0.674. The van der Waals surface area contributed by atoms with Gasteiger partial charge in [-0.1, -0.05) is 48.0 Å². The molecule has 9 nitrogen and oxygen atoms in total. The normalized spacial score (nSPS) is 11.7. The fourth-order valence-corrected chi connectivity index (χ4v) is 4.81. The summed E-state index contributed by atoms with van der Waals surface area (Å²) in [6.45, 7) is 1.77. The first-order valence-electron chi connectivity index (χ1n) is 12.7. The number of halogens is 1. The predicted molar refractivity (Wildman–Crippen MR) is 165 cm³/mol. The van der Waals surface area contributed by atoms with Gasteiger partial charge in [-0.25, -0.2) is 0 Å². The molecule has 0 fully saturated rings. The van der Waals surface area contributed by atoms with Crippen LogP contribution in [-0.4, -0.2) is 27.9 Å². The van der Waals surface area contributed by atoms with E-state index in [9.17, 15) is 24.5 Å². The molecule has 11 heteroatoms. The number of thioether (sulfide) groups is 1. The summed E-state index contributed by atoms with van der Waals surface area (Å²) in [7, 11) is 0. The lowest BCUT2D eigenvalue weighted by Gasteiger charge is -2.14.